The first-order chi connectivity index (χ1) is 12.1. The summed E-state index contributed by atoms with van der Waals surface area (Å²) in [6.45, 7) is 4.76. The van der Waals surface area contributed by atoms with Crippen LogP contribution in [-0.2, 0) is 11.2 Å². The highest BCUT2D eigenvalue weighted by Crippen LogP contribution is 2.25. The van der Waals surface area contributed by atoms with Gasteiger partial charge in [-0.25, -0.2) is 0 Å². The quantitative estimate of drug-likeness (QED) is 0.582. The van der Waals surface area contributed by atoms with Gasteiger partial charge in [0.05, 0.1) is 12.3 Å². The number of rotatable bonds is 9. The summed E-state index contributed by atoms with van der Waals surface area (Å²) in [5.74, 6) is 1.20. The minimum absolute atomic E-state index is 0.0437. The van der Waals surface area contributed by atoms with Crippen molar-refractivity contribution in [2.75, 3.05) is 18.5 Å². The standard InChI is InChI=1S/C20H24BrNO3/c1-3-5-12-24-19-9-7-6-8-17(19)22-20(23)14-25-18-11-10-16(21)13-15(18)4-2/h6-11,13H,3-5,12,14H2,1-2H3,(H,22,23). The number of anilines is 1. The van der Waals surface area contributed by atoms with E-state index in [2.05, 4.69) is 35.1 Å². The first kappa shape index (κ1) is 19.3. The molecule has 0 aliphatic rings. The molecule has 1 N–H and O–H groups in total. The lowest BCUT2D eigenvalue weighted by atomic mass is 10.1. The summed E-state index contributed by atoms with van der Waals surface area (Å²) in [5.41, 5.74) is 1.73. The van der Waals surface area contributed by atoms with Gasteiger partial charge in [0, 0.05) is 4.47 Å². The molecular weight excluding hydrogens is 382 g/mol. The summed E-state index contributed by atoms with van der Waals surface area (Å²) in [7, 11) is 0. The Labute approximate surface area is 157 Å². The van der Waals surface area contributed by atoms with Gasteiger partial charge in [0.1, 0.15) is 11.5 Å². The highest BCUT2D eigenvalue weighted by atomic mass is 79.9. The second kappa shape index (κ2) is 10.1. The van der Waals surface area contributed by atoms with E-state index in [0.717, 1.165) is 35.0 Å². The number of amides is 1. The molecule has 0 radical (unpaired) electrons. The second-order valence-electron chi connectivity index (χ2n) is 5.64. The van der Waals surface area contributed by atoms with Gasteiger partial charge in [0.25, 0.3) is 5.91 Å². The average molecular weight is 406 g/mol. The lowest BCUT2D eigenvalue weighted by Gasteiger charge is -2.14. The van der Waals surface area contributed by atoms with Crippen LogP contribution < -0.4 is 14.8 Å². The molecule has 1 amide bonds. The maximum Gasteiger partial charge on any atom is 0.262 e. The number of carbonyl (C=O) groups is 1. The predicted molar refractivity (Wildman–Crippen MR) is 104 cm³/mol. The Balaban J connectivity index is 1.94. The van der Waals surface area contributed by atoms with Crippen molar-refractivity contribution in [2.45, 2.75) is 33.1 Å². The van der Waals surface area contributed by atoms with Crippen molar-refractivity contribution in [1.82, 2.24) is 0 Å². The molecule has 0 saturated heterocycles. The van der Waals surface area contributed by atoms with Crippen molar-refractivity contribution in [3.8, 4) is 11.5 Å². The van der Waals surface area contributed by atoms with Gasteiger partial charge in [-0.15, -0.1) is 0 Å². The Kier molecular flexibility index (Phi) is 7.79. The Morgan fingerprint density at radius 1 is 1.08 bits per heavy atom. The second-order valence-corrected chi connectivity index (χ2v) is 6.56. The third-order valence-electron chi connectivity index (χ3n) is 3.68. The maximum absolute atomic E-state index is 12.2. The molecule has 0 saturated carbocycles. The summed E-state index contributed by atoms with van der Waals surface area (Å²) in [6, 6.07) is 13.2. The van der Waals surface area contributed by atoms with Gasteiger partial charge in [-0.2, -0.15) is 0 Å². The number of nitrogens with one attached hydrogen (secondary N) is 1. The van der Waals surface area contributed by atoms with Crippen molar-refractivity contribution in [3.05, 3.63) is 52.5 Å². The Morgan fingerprint density at radius 3 is 2.64 bits per heavy atom. The van der Waals surface area contributed by atoms with Crippen LogP contribution in [0.3, 0.4) is 0 Å². The fourth-order valence-electron chi connectivity index (χ4n) is 2.32. The normalized spacial score (nSPS) is 10.4. The highest BCUT2D eigenvalue weighted by molar-refractivity contribution is 9.10. The molecule has 2 rings (SSSR count). The monoisotopic (exact) mass is 405 g/mol. The molecule has 0 spiro atoms. The molecule has 0 aliphatic carbocycles. The highest BCUT2D eigenvalue weighted by Gasteiger charge is 2.10. The van der Waals surface area contributed by atoms with E-state index in [4.69, 9.17) is 9.47 Å². The van der Waals surface area contributed by atoms with E-state index in [0.29, 0.717) is 18.0 Å². The number of hydrogen-bond acceptors (Lipinski definition) is 3. The van der Waals surface area contributed by atoms with Crippen molar-refractivity contribution in [2.24, 2.45) is 0 Å². The molecule has 0 atom stereocenters. The maximum atomic E-state index is 12.2. The van der Waals surface area contributed by atoms with E-state index in [1.54, 1.807) is 0 Å². The summed E-state index contributed by atoms with van der Waals surface area (Å²) in [5, 5.41) is 2.86. The van der Waals surface area contributed by atoms with Gasteiger partial charge in [-0.3, -0.25) is 4.79 Å². The number of aryl methyl sites for hydroxylation is 1. The fourth-order valence-corrected chi connectivity index (χ4v) is 2.73. The molecule has 0 aromatic heterocycles. The average Bonchev–Trinajstić information content (AvgIpc) is 2.62. The fraction of sp³-hybridized carbons (Fsp3) is 0.350. The van der Waals surface area contributed by atoms with E-state index < -0.39 is 0 Å². The van der Waals surface area contributed by atoms with Crippen LogP contribution in [0.2, 0.25) is 0 Å². The van der Waals surface area contributed by atoms with Gasteiger partial charge in [-0.05, 0) is 48.7 Å². The summed E-state index contributed by atoms with van der Waals surface area (Å²) in [6.07, 6.45) is 2.88. The Morgan fingerprint density at radius 2 is 1.88 bits per heavy atom. The molecule has 0 fully saturated rings. The molecule has 4 nitrogen and oxygen atoms in total. The van der Waals surface area contributed by atoms with Crippen LogP contribution in [-0.4, -0.2) is 19.1 Å². The molecule has 0 unspecified atom stereocenters. The SMILES string of the molecule is CCCCOc1ccccc1NC(=O)COc1ccc(Br)cc1CC. The molecule has 0 aliphatic heterocycles. The number of benzene rings is 2. The van der Waals surface area contributed by atoms with Crippen LogP contribution in [0, 0.1) is 0 Å². The molecular formula is C20H24BrNO3. The largest absolute Gasteiger partial charge is 0.491 e. The minimum atomic E-state index is -0.212. The number of hydrogen-bond donors (Lipinski definition) is 1. The first-order valence-electron chi connectivity index (χ1n) is 8.57. The van der Waals surface area contributed by atoms with Crippen molar-refractivity contribution < 1.29 is 14.3 Å². The topological polar surface area (TPSA) is 47.6 Å². The van der Waals surface area contributed by atoms with E-state index in [1.807, 2.05) is 42.5 Å². The lowest BCUT2D eigenvalue weighted by molar-refractivity contribution is -0.118. The molecule has 2 aromatic carbocycles. The zero-order valence-corrected chi connectivity index (χ0v) is 16.3. The van der Waals surface area contributed by atoms with Crippen LogP contribution in [0.1, 0.15) is 32.3 Å². The summed E-state index contributed by atoms with van der Waals surface area (Å²) in [4.78, 5) is 12.2. The smallest absolute Gasteiger partial charge is 0.262 e. The Hall–Kier alpha value is -2.01. The number of carbonyl (C=O) groups excluding carboxylic acids is 1. The predicted octanol–water partition coefficient (Wildman–Crippen LogP) is 5.21. The molecule has 25 heavy (non-hydrogen) atoms. The van der Waals surface area contributed by atoms with Gasteiger partial charge >= 0.3 is 0 Å². The van der Waals surface area contributed by atoms with E-state index in [-0.39, 0.29) is 12.5 Å². The third-order valence-corrected chi connectivity index (χ3v) is 4.17. The van der Waals surface area contributed by atoms with Crippen molar-refractivity contribution in [1.29, 1.82) is 0 Å². The van der Waals surface area contributed by atoms with E-state index in [1.165, 1.54) is 0 Å². The van der Waals surface area contributed by atoms with E-state index >= 15 is 0 Å². The first-order valence-corrected chi connectivity index (χ1v) is 9.36. The van der Waals surface area contributed by atoms with Gasteiger partial charge in [0.15, 0.2) is 6.61 Å². The van der Waals surface area contributed by atoms with Gasteiger partial charge < -0.3 is 14.8 Å². The Bertz CT molecular complexity index is 703. The molecule has 134 valence electrons. The third kappa shape index (κ3) is 6.09. The number of ether oxygens (including phenoxy) is 2. The van der Waals surface area contributed by atoms with E-state index in [9.17, 15) is 4.79 Å². The van der Waals surface area contributed by atoms with Crippen LogP contribution in [0.5, 0.6) is 11.5 Å². The van der Waals surface area contributed by atoms with Crippen LogP contribution in [0.25, 0.3) is 0 Å². The number of unbranched alkanes of at least 4 members (excludes halogenated alkanes) is 1. The molecule has 0 heterocycles. The minimum Gasteiger partial charge on any atom is -0.491 e. The van der Waals surface area contributed by atoms with Crippen LogP contribution in [0.15, 0.2) is 46.9 Å². The molecule has 2 aromatic rings. The number of halogens is 1. The summed E-state index contributed by atoms with van der Waals surface area (Å²) >= 11 is 3.45. The van der Waals surface area contributed by atoms with Gasteiger partial charge in [-0.1, -0.05) is 48.3 Å². The van der Waals surface area contributed by atoms with Crippen molar-refractivity contribution in [3.63, 3.8) is 0 Å². The molecule has 5 heteroatoms. The molecule has 0 bridgehead atoms. The van der Waals surface area contributed by atoms with Crippen LogP contribution >= 0.6 is 15.9 Å². The zero-order chi connectivity index (χ0) is 18.1. The van der Waals surface area contributed by atoms with Crippen molar-refractivity contribution >= 4 is 27.5 Å². The van der Waals surface area contributed by atoms with Crippen LogP contribution in [0.4, 0.5) is 5.69 Å². The number of para-hydroxylation sites is 2. The lowest BCUT2D eigenvalue weighted by Crippen LogP contribution is -2.21. The summed E-state index contributed by atoms with van der Waals surface area (Å²) < 4.78 is 12.4. The van der Waals surface area contributed by atoms with Gasteiger partial charge in [0.2, 0.25) is 0 Å². The zero-order valence-electron chi connectivity index (χ0n) is 14.7.